The minimum absolute atomic E-state index is 0.529. The van der Waals surface area contributed by atoms with Crippen LogP contribution in [0.3, 0.4) is 0 Å². The number of aliphatic hydroxyl groups excluding tert-OH is 1. The summed E-state index contributed by atoms with van der Waals surface area (Å²) in [5.41, 5.74) is 1.80. The van der Waals surface area contributed by atoms with Gasteiger partial charge >= 0.3 is 0 Å². The van der Waals surface area contributed by atoms with Gasteiger partial charge in [0, 0.05) is 31.4 Å². The van der Waals surface area contributed by atoms with E-state index in [2.05, 4.69) is 21.1 Å². The maximum absolute atomic E-state index is 10.2. The molecule has 2 aromatic rings. The highest BCUT2D eigenvalue weighted by molar-refractivity contribution is 5.12. The van der Waals surface area contributed by atoms with E-state index in [1.54, 1.807) is 10.9 Å². The van der Waals surface area contributed by atoms with Gasteiger partial charge in [-0.15, -0.1) is 0 Å². The number of hydrogen-bond acceptors (Lipinski definition) is 3. The summed E-state index contributed by atoms with van der Waals surface area (Å²) >= 11 is 0. The van der Waals surface area contributed by atoms with Crippen molar-refractivity contribution in [3.8, 4) is 0 Å². The third-order valence-corrected chi connectivity index (χ3v) is 4.12. The van der Waals surface area contributed by atoms with Crippen LogP contribution in [0.2, 0.25) is 0 Å². The van der Waals surface area contributed by atoms with E-state index in [1.165, 1.54) is 32.1 Å². The van der Waals surface area contributed by atoms with Gasteiger partial charge in [-0.25, -0.2) is 0 Å². The zero-order valence-corrected chi connectivity index (χ0v) is 11.9. The molecule has 0 aliphatic heterocycles. The minimum Gasteiger partial charge on any atom is -0.388 e. The molecule has 1 fully saturated rings. The first-order valence-corrected chi connectivity index (χ1v) is 7.43. The molecule has 3 rings (SSSR count). The molecule has 0 aromatic carbocycles. The highest BCUT2D eigenvalue weighted by atomic mass is 16.3. The van der Waals surface area contributed by atoms with Gasteiger partial charge in [0.05, 0.1) is 24.0 Å². The highest BCUT2D eigenvalue weighted by Crippen LogP contribution is 2.27. The molecule has 1 unspecified atom stereocenters. The maximum Gasteiger partial charge on any atom is 0.0876 e. The van der Waals surface area contributed by atoms with E-state index >= 15 is 0 Å². The molecule has 0 amide bonds. The van der Waals surface area contributed by atoms with Crippen molar-refractivity contribution < 1.29 is 5.11 Å². The summed E-state index contributed by atoms with van der Waals surface area (Å²) in [5, 5.41) is 18.9. The number of nitrogens with zero attached hydrogens (tertiary/aromatic N) is 4. The Morgan fingerprint density at radius 2 is 2.15 bits per heavy atom. The fourth-order valence-electron chi connectivity index (χ4n) is 2.96. The molecular weight excluding hydrogens is 252 g/mol. The average Bonchev–Trinajstić information content (AvgIpc) is 3.09. The Labute approximate surface area is 119 Å². The number of aryl methyl sites for hydroxylation is 1. The molecule has 2 heterocycles. The molecule has 1 aliphatic rings. The van der Waals surface area contributed by atoms with Crippen LogP contribution in [-0.4, -0.2) is 24.7 Å². The Morgan fingerprint density at radius 1 is 1.35 bits per heavy atom. The number of rotatable bonds is 4. The molecule has 108 valence electrons. The third-order valence-electron chi connectivity index (χ3n) is 4.12. The Balaban J connectivity index is 1.64. The molecule has 0 saturated heterocycles. The first kappa shape index (κ1) is 13.4. The van der Waals surface area contributed by atoms with E-state index in [4.69, 9.17) is 0 Å². The lowest BCUT2D eigenvalue weighted by Crippen LogP contribution is -2.13. The summed E-state index contributed by atoms with van der Waals surface area (Å²) in [6, 6.07) is 2.57. The summed E-state index contributed by atoms with van der Waals surface area (Å²) in [6.07, 6.45) is 12.1. The Hall–Kier alpha value is -1.62. The summed E-state index contributed by atoms with van der Waals surface area (Å²) < 4.78 is 3.80. The van der Waals surface area contributed by atoms with Crippen molar-refractivity contribution in [1.82, 2.24) is 19.6 Å². The van der Waals surface area contributed by atoms with Gasteiger partial charge in [-0.1, -0.05) is 19.3 Å². The molecule has 0 radical (unpaired) electrons. The van der Waals surface area contributed by atoms with Crippen molar-refractivity contribution in [2.24, 2.45) is 7.05 Å². The lowest BCUT2D eigenvalue weighted by atomic mass is 9.96. The highest BCUT2D eigenvalue weighted by Gasteiger charge is 2.17. The zero-order chi connectivity index (χ0) is 13.9. The van der Waals surface area contributed by atoms with Crippen LogP contribution in [0.25, 0.3) is 0 Å². The smallest absolute Gasteiger partial charge is 0.0876 e. The zero-order valence-electron chi connectivity index (χ0n) is 11.9. The van der Waals surface area contributed by atoms with Crippen molar-refractivity contribution >= 4 is 0 Å². The predicted octanol–water partition coefficient (Wildman–Crippen LogP) is 2.40. The molecule has 5 nitrogen and oxygen atoms in total. The monoisotopic (exact) mass is 274 g/mol. The second kappa shape index (κ2) is 5.79. The Kier molecular flexibility index (Phi) is 3.87. The van der Waals surface area contributed by atoms with Gasteiger partial charge in [0.15, 0.2) is 0 Å². The van der Waals surface area contributed by atoms with Crippen molar-refractivity contribution in [3.05, 3.63) is 35.9 Å². The van der Waals surface area contributed by atoms with Crippen LogP contribution in [0.15, 0.2) is 24.7 Å². The first-order valence-electron chi connectivity index (χ1n) is 7.43. The van der Waals surface area contributed by atoms with Crippen molar-refractivity contribution in [2.45, 2.75) is 50.7 Å². The molecule has 5 heteroatoms. The topological polar surface area (TPSA) is 55.9 Å². The molecule has 2 aromatic heterocycles. The lowest BCUT2D eigenvalue weighted by Gasteiger charge is -2.21. The number of hydrogen-bond donors (Lipinski definition) is 1. The second-order valence-corrected chi connectivity index (χ2v) is 5.75. The van der Waals surface area contributed by atoms with Crippen molar-refractivity contribution in [2.75, 3.05) is 0 Å². The lowest BCUT2D eigenvalue weighted by molar-refractivity contribution is 0.176. The number of aliphatic hydroxyl groups is 1. The van der Waals surface area contributed by atoms with E-state index in [0.717, 1.165) is 11.3 Å². The van der Waals surface area contributed by atoms with Crippen molar-refractivity contribution in [1.29, 1.82) is 0 Å². The average molecular weight is 274 g/mol. The van der Waals surface area contributed by atoms with Gasteiger partial charge in [-0.3, -0.25) is 9.36 Å². The largest absolute Gasteiger partial charge is 0.388 e. The normalized spacial score (nSPS) is 18.3. The fraction of sp³-hybridized carbons (Fsp3) is 0.600. The fourth-order valence-corrected chi connectivity index (χ4v) is 2.96. The molecule has 1 N–H and O–H groups in total. The van der Waals surface area contributed by atoms with Crippen LogP contribution in [0.1, 0.15) is 55.5 Å². The molecular formula is C15H22N4O. The summed E-state index contributed by atoms with van der Waals surface area (Å²) in [7, 11) is 1.86. The molecule has 20 heavy (non-hydrogen) atoms. The van der Waals surface area contributed by atoms with E-state index in [0.29, 0.717) is 12.5 Å². The van der Waals surface area contributed by atoms with E-state index < -0.39 is 6.10 Å². The molecule has 0 spiro atoms. The van der Waals surface area contributed by atoms with Gasteiger partial charge < -0.3 is 5.11 Å². The second-order valence-electron chi connectivity index (χ2n) is 5.75. The van der Waals surface area contributed by atoms with Crippen molar-refractivity contribution in [3.63, 3.8) is 0 Å². The summed E-state index contributed by atoms with van der Waals surface area (Å²) in [4.78, 5) is 0. The predicted molar refractivity (Wildman–Crippen MR) is 76.2 cm³/mol. The van der Waals surface area contributed by atoms with Crippen LogP contribution >= 0.6 is 0 Å². The molecule has 1 saturated carbocycles. The van der Waals surface area contributed by atoms with Gasteiger partial charge in [0.2, 0.25) is 0 Å². The Morgan fingerprint density at radius 3 is 2.85 bits per heavy atom. The van der Waals surface area contributed by atoms with Crippen LogP contribution < -0.4 is 0 Å². The number of aromatic nitrogens is 4. The van der Waals surface area contributed by atoms with E-state index in [9.17, 15) is 5.11 Å². The van der Waals surface area contributed by atoms with Gasteiger partial charge in [-0.05, 0) is 18.9 Å². The standard InChI is InChI=1S/C15H22N4O/c1-18-11-12(10-16-18)15(20)9-13-7-8-19(17-13)14-5-3-2-4-6-14/h7-8,10-11,14-15,20H,2-6,9H2,1H3. The quantitative estimate of drug-likeness (QED) is 0.931. The van der Waals surface area contributed by atoms with Gasteiger partial charge in [0.25, 0.3) is 0 Å². The SMILES string of the molecule is Cn1cc(C(O)Cc2ccn(C3CCCCC3)n2)cn1. The molecule has 1 atom stereocenters. The van der Waals surface area contributed by atoms with Crippen LogP contribution in [0.4, 0.5) is 0 Å². The molecule has 0 bridgehead atoms. The van der Waals surface area contributed by atoms with Crippen LogP contribution in [-0.2, 0) is 13.5 Å². The van der Waals surface area contributed by atoms with E-state index in [1.807, 2.05) is 19.3 Å². The van der Waals surface area contributed by atoms with Gasteiger partial charge in [-0.2, -0.15) is 10.2 Å². The summed E-state index contributed by atoms with van der Waals surface area (Å²) in [5.74, 6) is 0. The maximum atomic E-state index is 10.2. The van der Waals surface area contributed by atoms with Crippen LogP contribution in [0, 0.1) is 0 Å². The minimum atomic E-state index is -0.529. The van der Waals surface area contributed by atoms with Gasteiger partial charge in [0.1, 0.15) is 0 Å². The first-order chi connectivity index (χ1) is 9.72. The van der Waals surface area contributed by atoms with E-state index in [-0.39, 0.29) is 0 Å². The summed E-state index contributed by atoms with van der Waals surface area (Å²) in [6.45, 7) is 0. The van der Waals surface area contributed by atoms with Crippen LogP contribution in [0.5, 0.6) is 0 Å². The molecule has 1 aliphatic carbocycles. The Bertz CT molecular complexity index is 554. The third kappa shape index (κ3) is 2.93.